The molecule has 3 aromatic rings. The summed E-state index contributed by atoms with van der Waals surface area (Å²) in [7, 11) is 0. The number of halogens is 1. The highest BCUT2D eigenvalue weighted by Crippen LogP contribution is 2.35. The number of carbonyl (C=O) groups excluding carboxylic acids is 2. The third-order valence-corrected chi connectivity index (χ3v) is 6.88. The van der Waals surface area contributed by atoms with Gasteiger partial charge in [-0.2, -0.15) is 0 Å². The van der Waals surface area contributed by atoms with Crippen molar-refractivity contribution in [1.82, 2.24) is 4.90 Å². The highest BCUT2D eigenvalue weighted by atomic mass is 32.2. The lowest BCUT2D eigenvalue weighted by Crippen LogP contribution is -2.44. The van der Waals surface area contributed by atoms with E-state index in [9.17, 15) is 14.0 Å². The van der Waals surface area contributed by atoms with E-state index in [1.807, 2.05) is 19.1 Å². The van der Waals surface area contributed by atoms with Crippen molar-refractivity contribution in [2.45, 2.75) is 25.1 Å². The SMILES string of the molecule is CCOc1ccc(N=C2SC(C(=O)Nc3ccc(F)cc3)CC(=O)N2Cc2ccc3c(c2)OCO3)cc1. The molecule has 2 heterocycles. The van der Waals surface area contributed by atoms with Crippen molar-refractivity contribution in [1.29, 1.82) is 0 Å². The van der Waals surface area contributed by atoms with E-state index in [1.165, 1.54) is 36.0 Å². The summed E-state index contributed by atoms with van der Waals surface area (Å²) in [6, 6.07) is 18.2. The second-order valence-corrected chi connectivity index (χ2v) is 9.47. The zero-order valence-corrected chi connectivity index (χ0v) is 20.8. The molecule has 5 rings (SSSR count). The van der Waals surface area contributed by atoms with E-state index in [1.54, 1.807) is 35.2 Å². The molecule has 0 aromatic heterocycles. The van der Waals surface area contributed by atoms with E-state index >= 15 is 0 Å². The minimum Gasteiger partial charge on any atom is -0.494 e. The van der Waals surface area contributed by atoms with Gasteiger partial charge in [-0.05, 0) is 73.2 Å². The smallest absolute Gasteiger partial charge is 0.238 e. The van der Waals surface area contributed by atoms with Gasteiger partial charge in [-0.3, -0.25) is 14.5 Å². The van der Waals surface area contributed by atoms with Crippen molar-refractivity contribution in [2.24, 2.45) is 4.99 Å². The Morgan fingerprint density at radius 3 is 2.62 bits per heavy atom. The average Bonchev–Trinajstić information content (AvgIpc) is 3.36. The number of carbonyl (C=O) groups is 2. The minimum atomic E-state index is -0.702. The van der Waals surface area contributed by atoms with E-state index in [4.69, 9.17) is 19.2 Å². The summed E-state index contributed by atoms with van der Waals surface area (Å²) < 4.78 is 29.6. The van der Waals surface area contributed by atoms with Crippen LogP contribution in [0, 0.1) is 5.82 Å². The average molecular weight is 522 g/mol. The van der Waals surface area contributed by atoms with Gasteiger partial charge in [-0.1, -0.05) is 17.8 Å². The predicted molar refractivity (Wildman–Crippen MR) is 139 cm³/mol. The molecule has 0 radical (unpaired) electrons. The van der Waals surface area contributed by atoms with Crippen molar-refractivity contribution in [3.63, 3.8) is 0 Å². The van der Waals surface area contributed by atoms with Gasteiger partial charge in [0.2, 0.25) is 18.6 Å². The van der Waals surface area contributed by atoms with E-state index in [2.05, 4.69) is 5.32 Å². The van der Waals surface area contributed by atoms with Crippen LogP contribution >= 0.6 is 11.8 Å². The fourth-order valence-corrected chi connectivity index (χ4v) is 4.97. The van der Waals surface area contributed by atoms with Crippen LogP contribution in [0.2, 0.25) is 0 Å². The molecule has 1 saturated heterocycles. The fourth-order valence-electron chi connectivity index (χ4n) is 3.87. The minimum absolute atomic E-state index is 0.00938. The lowest BCUT2D eigenvalue weighted by atomic mass is 10.1. The molecule has 2 aliphatic rings. The van der Waals surface area contributed by atoms with Crippen molar-refractivity contribution in [3.05, 3.63) is 78.1 Å². The molecule has 1 atom stereocenters. The molecule has 1 N–H and O–H groups in total. The molecule has 0 saturated carbocycles. The topological polar surface area (TPSA) is 89.5 Å². The van der Waals surface area contributed by atoms with Crippen LogP contribution in [0.1, 0.15) is 18.9 Å². The van der Waals surface area contributed by atoms with Gasteiger partial charge in [0.1, 0.15) is 16.8 Å². The van der Waals surface area contributed by atoms with Crippen molar-refractivity contribution >= 4 is 40.1 Å². The number of benzene rings is 3. The molecule has 0 bridgehead atoms. The molecule has 8 nitrogen and oxygen atoms in total. The molecule has 37 heavy (non-hydrogen) atoms. The van der Waals surface area contributed by atoms with Crippen LogP contribution in [0.3, 0.4) is 0 Å². The monoisotopic (exact) mass is 521 g/mol. The molecular formula is C27H24FN3O5S. The molecule has 2 amide bonds. The second-order valence-electron chi connectivity index (χ2n) is 8.30. The summed E-state index contributed by atoms with van der Waals surface area (Å²) in [5, 5.41) is 2.46. The number of ether oxygens (including phenoxy) is 3. The summed E-state index contributed by atoms with van der Waals surface area (Å²) in [6.45, 7) is 2.87. The largest absolute Gasteiger partial charge is 0.494 e. The Morgan fingerprint density at radius 2 is 1.86 bits per heavy atom. The number of hydrogen-bond acceptors (Lipinski definition) is 7. The van der Waals surface area contributed by atoms with Gasteiger partial charge in [-0.25, -0.2) is 9.38 Å². The van der Waals surface area contributed by atoms with Gasteiger partial charge < -0.3 is 19.5 Å². The van der Waals surface area contributed by atoms with E-state index in [0.717, 1.165) is 5.56 Å². The number of aliphatic imine (C=N–C) groups is 1. The van der Waals surface area contributed by atoms with E-state index < -0.39 is 11.1 Å². The summed E-state index contributed by atoms with van der Waals surface area (Å²) >= 11 is 1.21. The number of anilines is 1. The normalized spacial score (nSPS) is 17.7. The van der Waals surface area contributed by atoms with Gasteiger partial charge in [0.25, 0.3) is 0 Å². The number of nitrogens with one attached hydrogen (secondary N) is 1. The maximum atomic E-state index is 13.3. The van der Waals surface area contributed by atoms with Gasteiger partial charge in [-0.15, -0.1) is 0 Å². The van der Waals surface area contributed by atoms with Gasteiger partial charge in [0.15, 0.2) is 16.7 Å². The van der Waals surface area contributed by atoms with Crippen LogP contribution in [-0.2, 0) is 16.1 Å². The van der Waals surface area contributed by atoms with Crippen molar-refractivity contribution < 1.29 is 28.2 Å². The van der Waals surface area contributed by atoms with Crippen LogP contribution in [0.15, 0.2) is 71.7 Å². The predicted octanol–water partition coefficient (Wildman–Crippen LogP) is 5.11. The summed E-state index contributed by atoms with van der Waals surface area (Å²) in [6.07, 6.45) is -0.00938. The Labute approximate surface area is 217 Å². The number of amides is 2. The Balaban J connectivity index is 1.40. The number of hydrogen-bond donors (Lipinski definition) is 1. The first-order chi connectivity index (χ1) is 18.0. The van der Waals surface area contributed by atoms with Crippen molar-refractivity contribution in [3.8, 4) is 17.2 Å². The summed E-state index contributed by atoms with van der Waals surface area (Å²) in [4.78, 5) is 32.6. The number of nitrogens with zero attached hydrogens (tertiary/aromatic N) is 2. The Hall–Kier alpha value is -4.05. The highest BCUT2D eigenvalue weighted by molar-refractivity contribution is 8.15. The summed E-state index contributed by atoms with van der Waals surface area (Å²) in [5.74, 6) is 1.00. The highest BCUT2D eigenvalue weighted by Gasteiger charge is 2.36. The quantitative estimate of drug-likeness (QED) is 0.465. The van der Waals surface area contributed by atoms with Crippen LogP contribution < -0.4 is 19.5 Å². The number of amidine groups is 1. The Morgan fingerprint density at radius 1 is 1.11 bits per heavy atom. The van der Waals surface area contributed by atoms with Gasteiger partial charge in [0.05, 0.1) is 18.8 Å². The fraction of sp³-hybridized carbons (Fsp3) is 0.222. The summed E-state index contributed by atoms with van der Waals surface area (Å²) in [5.41, 5.74) is 1.91. The molecule has 190 valence electrons. The molecule has 1 unspecified atom stereocenters. The van der Waals surface area contributed by atoms with Crippen LogP contribution in [0.25, 0.3) is 0 Å². The molecule has 10 heteroatoms. The first-order valence-corrected chi connectivity index (χ1v) is 12.6. The lowest BCUT2D eigenvalue weighted by molar-refractivity contribution is -0.129. The van der Waals surface area contributed by atoms with E-state index in [0.29, 0.717) is 40.4 Å². The molecule has 3 aromatic carbocycles. The van der Waals surface area contributed by atoms with Crippen LogP contribution in [0.5, 0.6) is 17.2 Å². The standard InChI is InChI=1S/C27H24FN3O5S/c1-2-34-21-10-8-20(9-11-21)30-27-31(15-17-3-12-22-23(13-17)36-16-35-22)25(32)14-24(37-27)26(33)29-19-6-4-18(28)5-7-19/h3-13,24H,2,14-16H2,1H3,(H,29,33). The zero-order valence-electron chi connectivity index (χ0n) is 20.0. The maximum Gasteiger partial charge on any atom is 0.238 e. The zero-order chi connectivity index (χ0) is 25.8. The third kappa shape index (κ3) is 5.86. The van der Waals surface area contributed by atoms with Crippen LogP contribution in [0.4, 0.5) is 15.8 Å². The number of thioether (sulfide) groups is 1. The van der Waals surface area contributed by atoms with Crippen LogP contribution in [-0.4, -0.2) is 40.5 Å². The first kappa shape index (κ1) is 24.6. The van der Waals surface area contributed by atoms with Gasteiger partial charge in [0, 0.05) is 12.1 Å². The number of rotatable bonds is 7. The molecule has 0 aliphatic carbocycles. The Kier molecular flexibility index (Phi) is 7.27. The van der Waals surface area contributed by atoms with Gasteiger partial charge >= 0.3 is 0 Å². The maximum absolute atomic E-state index is 13.3. The molecule has 1 fully saturated rings. The molecule has 0 spiro atoms. The molecular weight excluding hydrogens is 497 g/mol. The third-order valence-electron chi connectivity index (χ3n) is 5.69. The molecule has 2 aliphatic heterocycles. The first-order valence-electron chi connectivity index (χ1n) is 11.7. The second kappa shape index (κ2) is 10.9. The number of fused-ring (bicyclic) bond motifs is 1. The van der Waals surface area contributed by atoms with Crippen molar-refractivity contribution in [2.75, 3.05) is 18.7 Å². The Bertz CT molecular complexity index is 1330. The van der Waals surface area contributed by atoms with E-state index in [-0.39, 0.29) is 31.6 Å². The lowest BCUT2D eigenvalue weighted by Gasteiger charge is -2.32.